The first-order valence-electron chi connectivity index (χ1n) is 6.26. The van der Waals surface area contributed by atoms with E-state index in [1.54, 1.807) is 0 Å². The van der Waals surface area contributed by atoms with Crippen molar-refractivity contribution in [3.8, 4) is 0 Å². The summed E-state index contributed by atoms with van der Waals surface area (Å²) in [6.07, 6.45) is 0.410. The van der Waals surface area contributed by atoms with Crippen LogP contribution >= 0.6 is 0 Å². The Morgan fingerprint density at radius 3 is 2.78 bits per heavy atom. The number of alkyl halides is 2. The van der Waals surface area contributed by atoms with Crippen LogP contribution in [0.2, 0.25) is 0 Å². The van der Waals surface area contributed by atoms with Crippen LogP contribution < -0.4 is 0 Å². The van der Waals surface area contributed by atoms with Gasteiger partial charge < -0.3 is 14.6 Å². The van der Waals surface area contributed by atoms with Crippen LogP contribution in [0.1, 0.15) is 39.5 Å². The molecular formula is C12H20F2O4. The number of aliphatic hydroxyl groups is 1. The number of rotatable bonds is 5. The van der Waals surface area contributed by atoms with Gasteiger partial charge in [-0.05, 0) is 13.3 Å². The van der Waals surface area contributed by atoms with Gasteiger partial charge >= 0.3 is 11.9 Å². The fraction of sp³-hybridized carbons (Fsp3) is 0.917. The lowest BCUT2D eigenvalue weighted by atomic mass is 9.83. The Morgan fingerprint density at radius 2 is 2.22 bits per heavy atom. The maximum atomic E-state index is 13.9. The van der Waals surface area contributed by atoms with E-state index in [-0.39, 0.29) is 26.1 Å². The predicted molar refractivity (Wildman–Crippen MR) is 60.4 cm³/mol. The van der Waals surface area contributed by atoms with Crippen molar-refractivity contribution in [1.82, 2.24) is 0 Å². The number of esters is 1. The summed E-state index contributed by atoms with van der Waals surface area (Å²) in [7, 11) is 0. The molecule has 1 N–H and O–H groups in total. The third-order valence-electron chi connectivity index (χ3n) is 3.16. The maximum absolute atomic E-state index is 13.9. The quantitative estimate of drug-likeness (QED) is 0.772. The Labute approximate surface area is 105 Å². The molecule has 0 aromatic carbocycles. The number of carbonyl (C=O) groups excluding carboxylic acids is 1. The molecule has 1 fully saturated rings. The van der Waals surface area contributed by atoms with Crippen molar-refractivity contribution in [3.63, 3.8) is 0 Å². The highest BCUT2D eigenvalue weighted by Crippen LogP contribution is 2.40. The van der Waals surface area contributed by atoms with Crippen molar-refractivity contribution in [2.45, 2.75) is 57.2 Å². The molecule has 2 atom stereocenters. The lowest BCUT2D eigenvalue weighted by Crippen LogP contribution is -2.58. The van der Waals surface area contributed by atoms with E-state index in [1.807, 2.05) is 6.92 Å². The first-order chi connectivity index (χ1) is 8.37. The average Bonchev–Trinajstić information content (AvgIpc) is 2.29. The van der Waals surface area contributed by atoms with Gasteiger partial charge in [-0.25, -0.2) is 4.79 Å². The fourth-order valence-electron chi connectivity index (χ4n) is 2.14. The van der Waals surface area contributed by atoms with Crippen molar-refractivity contribution in [2.24, 2.45) is 0 Å². The van der Waals surface area contributed by atoms with E-state index in [0.29, 0.717) is 6.42 Å². The van der Waals surface area contributed by atoms with Gasteiger partial charge in [0.15, 0.2) is 0 Å². The highest BCUT2D eigenvalue weighted by Gasteiger charge is 2.61. The van der Waals surface area contributed by atoms with E-state index in [0.717, 1.165) is 6.42 Å². The molecule has 0 bridgehead atoms. The Hall–Kier alpha value is -0.750. The van der Waals surface area contributed by atoms with Gasteiger partial charge in [0, 0.05) is 19.4 Å². The molecule has 0 aromatic heterocycles. The molecule has 1 aliphatic rings. The number of halogens is 2. The largest absolute Gasteiger partial charge is 0.461 e. The Kier molecular flexibility index (Phi) is 5.04. The van der Waals surface area contributed by atoms with Crippen LogP contribution in [0.5, 0.6) is 0 Å². The second kappa shape index (κ2) is 5.93. The molecule has 106 valence electrons. The third-order valence-corrected chi connectivity index (χ3v) is 3.16. The second-order valence-electron chi connectivity index (χ2n) is 4.56. The fourth-order valence-corrected chi connectivity index (χ4v) is 2.14. The molecule has 18 heavy (non-hydrogen) atoms. The minimum Gasteiger partial charge on any atom is -0.461 e. The Morgan fingerprint density at radius 1 is 1.56 bits per heavy atom. The van der Waals surface area contributed by atoms with Gasteiger partial charge in [0.05, 0.1) is 12.7 Å². The summed E-state index contributed by atoms with van der Waals surface area (Å²) in [6.45, 7) is 3.23. The standard InChI is InChI=1S/C12H20F2O4/c1-3-5-9-8-11(16,6-7-18-9)12(13,14)10(15)17-4-2/h9,16H,3-8H2,1-2H3. The van der Waals surface area contributed by atoms with Crippen molar-refractivity contribution < 1.29 is 28.2 Å². The topological polar surface area (TPSA) is 55.8 Å². The smallest absolute Gasteiger partial charge is 0.380 e. The lowest BCUT2D eigenvalue weighted by molar-refractivity contribution is -0.238. The summed E-state index contributed by atoms with van der Waals surface area (Å²) in [5.41, 5.74) is -2.36. The highest BCUT2D eigenvalue weighted by atomic mass is 19.3. The summed E-state index contributed by atoms with van der Waals surface area (Å²) in [5.74, 6) is -5.55. The molecule has 1 rings (SSSR count). The molecule has 6 heteroatoms. The minimum absolute atomic E-state index is 0.0240. The first-order valence-corrected chi connectivity index (χ1v) is 6.26. The van der Waals surface area contributed by atoms with Crippen LogP contribution in [0.25, 0.3) is 0 Å². The second-order valence-corrected chi connectivity index (χ2v) is 4.56. The van der Waals surface area contributed by atoms with Crippen LogP contribution in [0.3, 0.4) is 0 Å². The summed E-state index contributed by atoms with van der Waals surface area (Å²) in [4.78, 5) is 11.3. The SMILES string of the molecule is CCCC1CC(O)(C(F)(F)C(=O)OCC)CCO1. The van der Waals surface area contributed by atoms with E-state index < -0.39 is 23.6 Å². The van der Waals surface area contributed by atoms with Gasteiger partial charge in [0.1, 0.15) is 5.60 Å². The van der Waals surface area contributed by atoms with Crippen molar-refractivity contribution in [1.29, 1.82) is 0 Å². The van der Waals surface area contributed by atoms with Gasteiger partial charge in [-0.2, -0.15) is 8.78 Å². The Bertz CT molecular complexity index is 294. The monoisotopic (exact) mass is 266 g/mol. The number of carbonyl (C=O) groups is 1. The molecule has 4 nitrogen and oxygen atoms in total. The van der Waals surface area contributed by atoms with Crippen LogP contribution in [0, 0.1) is 0 Å². The van der Waals surface area contributed by atoms with Crippen LogP contribution in [0.4, 0.5) is 8.78 Å². The van der Waals surface area contributed by atoms with E-state index >= 15 is 0 Å². The lowest BCUT2D eigenvalue weighted by Gasteiger charge is -2.40. The molecular weight excluding hydrogens is 246 g/mol. The van der Waals surface area contributed by atoms with Gasteiger partial charge in [-0.3, -0.25) is 0 Å². The zero-order chi connectivity index (χ0) is 13.8. The maximum Gasteiger partial charge on any atom is 0.380 e. The average molecular weight is 266 g/mol. The van der Waals surface area contributed by atoms with Gasteiger partial charge in [0.25, 0.3) is 0 Å². The van der Waals surface area contributed by atoms with Crippen molar-refractivity contribution >= 4 is 5.97 Å². The molecule has 0 radical (unpaired) electrons. The van der Waals surface area contributed by atoms with Crippen molar-refractivity contribution in [2.75, 3.05) is 13.2 Å². The third kappa shape index (κ3) is 2.98. The number of ether oxygens (including phenoxy) is 2. The molecule has 0 aromatic rings. The molecule has 1 heterocycles. The normalized spacial score (nSPS) is 29.1. The molecule has 1 saturated heterocycles. The van der Waals surface area contributed by atoms with Gasteiger partial charge in [-0.15, -0.1) is 0 Å². The molecule has 0 spiro atoms. The predicted octanol–water partition coefficient (Wildman–Crippen LogP) is 1.90. The van der Waals surface area contributed by atoms with Crippen LogP contribution in [0.15, 0.2) is 0 Å². The molecule has 0 amide bonds. The van der Waals surface area contributed by atoms with Crippen LogP contribution in [-0.4, -0.2) is 41.9 Å². The van der Waals surface area contributed by atoms with E-state index in [2.05, 4.69) is 4.74 Å². The molecule has 0 saturated carbocycles. The molecule has 2 unspecified atom stereocenters. The summed E-state index contributed by atoms with van der Waals surface area (Å²) < 4.78 is 37.4. The zero-order valence-electron chi connectivity index (χ0n) is 10.7. The summed E-state index contributed by atoms with van der Waals surface area (Å²) >= 11 is 0. The summed E-state index contributed by atoms with van der Waals surface area (Å²) in [5, 5.41) is 10.1. The highest BCUT2D eigenvalue weighted by molar-refractivity contribution is 5.79. The number of hydrogen-bond donors (Lipinski definition) is 1. The van der Waals surface area contributed by atoms with Gasteiger partial charge in [0.2, 0.25) is 0 Å². The van der Waals surface area contributed by atoms with E-state index in [4.69, 9.17) is 4.74 Å². The molecule has 1 aliphatic heterocycles. The minimum atomic E-state index is -3.89. The Balaban J connectivity index is 2.80. The zero-order valence-corrected chi connectivity index (χ0v) is 10.7. The first kappa shape index (κ1) is 15.3. The van der Waals surface area contributed by atoms with E-state index in [1.165, 1.54) is 6.92 Å². The number of hydrogen-bond acceptors (Lipinski definition) is 4. The van der Waals surface area contributed by atoms with Gasteiger partial charge in [-0.1, -0.05) is 13.3 Å². The molecule has 0 aliphatic carbocycles. The van der Waals surface area contributed by atoms with Crippen molar-refractivity contribution in [3.05, 3.63) is 0 Å². The van der Waals surface area contributed by atoms with E-state index in [9.17, 15) is 18.7 Å². The summed E-state index contributed by atoms with van der Waals surface area (Å²) in [6, 6.07) is 0. The van der Waals surface area contributed by atoms with Crippen LogP contribution in [-0.2, 0) is 14.3 Å².